The van der Waals surface area contributed by atoms with E-state index in [4.69, 9.17) is 0 Å². The Balaban J connectivity index is 1.96. The lowest BCUT2D eigenvalue weighted by molar-refractivity contribution is 0.101. The van der Waals surface area contributed by atoms with Gasteiger partial charge in [-0.3, -0.25) is 10.1 Å². The van der Waals surface area contributed by atoms with Crippen molar-refractivity contribution < 1.29 is 22.4 Å². The number of anilines is 1. The van der Waals surface area contributed by atoms with Gasteiger partial charge in [0, 0.05) is 6.07 Å². The van der Waals surface area contributed by atoms with E-state index in [1.807, 2.05) is 0 Å². The van der Waals surface area contributed by atoms with E-state index in [1.54, 1.807) is 0 Å². The van der Waals surface area contributed by atoms with Crippen LogP contribution >= 0.6 is 11.3 Å². The Kier molecular flexibility index (Phi) is 3.53. The average molecular weight is 326 g/mol. The maximum atomic E-state index is 13.5. The molecule has 0 aliphatic heterocycles. The number of aromatic nitrogens is 1. The number of hydrogen-bond acceptors (Lipinski definition) is 3. The first-order valence-corrected chi connectivity index (χ1v) is 6.78. The van der Waals surface area contributed by atoms with E-state index in [2.05, 4.69) is 10.3 Å². The second-order valence-corrected chi connectivity index (χ2v) is 5.33. The molecule has 1 heterocycles. The first-order chi connectivity index (χ1) is 10.5. The molecule has 3 aromatic rings. The van der Waals surface area contributed by atoms with Crippen molar-refractivity contribution in [1.29, 1.82) is 0 Å². The third-order valence-electron chi connectivity index (χ3n) is 2.82. The Morgan fingerprint density at radius 2 is 1.73 bits per heavy atom. The summed E-state index contributed by atoms with van der Waals surface area (Å²) in [7, 11) is 0. The van der Waals surface area contributed by atoms with Crippen LogP contribution in [-0.2, 0) is 0 Å². The maximum Gasteiger partial charge on any atom is 0.263 e. The lowest BCUT2D eigenvalue weighted by Gasteiger charge is -2.03. The van der Waals surface area contributed by atoms with E-state index in [9.17, 15) is 22.4 Å². The number of nitrogens with one attached hydrogen (secondary N) is 1. The molecule has 0 saturated heterocycles. The van der Waals surface area contributed by atoms with E-state index < -0.39 is 34.7 Å². The summed E-state index contributed by atoms with van der Waals surface area (Å²) in [5.41, 5.74) is -0.899. The number of nitrogens with zero attached hydrogens (tertiary/aromatic N) is 1. The summed E-state index contributed by atoms with van der Waals surface area (Å²) in [6.07, 6.45) is 0. The van der Waals surface area contributed by atoms with Crippen LogP contribution in [0.2, 0.25) is 0 Å². The van der Waals surface area contributed by atoms with Crippen LogP contribution in [0.25, 0.3) is 10.2 Å². The molecule has 3 rings (SSSR count). The van der Waals surface area contributed by atoms with Crippen molar-refractivity contribution in [1.82, 2.24) is 4.98 Å². The standard InChI is InChI=1S/C14H6F4N2OS/c15-6-4-9(18)12-10(5-6)22-14(19-12)20-13(21)11-7(16)2-1-3-8(11)17/h1-5H,(H,19,20,21). The fraction of sp³-hybridized carbons (Fsp3) is 0. The zero-order valence-corrected chi connectivity index (χ0v) is 11.5. The maximum absolute atomic E-state index is 13.5. The molecule has 1 aromatic heterocycles. The third-order valence-corrected chi connectivity index (χ3v) is 3.74. The minimum absolute atomic E-state index is 0.0906. The van der Waals surface area contributed by atoms with Crippen LogP contribution in [0.1, 0.15) is 10.4 Å². The van der Waals surface area contributed by atoms with Crippen LogP contribution < -0.4 is 5.32 Å². The van der Waals surface area contributed by atoms with Crippen LogP contribution in [0.4, 0.5) is 22.7 Å². The highest BCUT2D eigenvalue weighted by Gasteiger charge is 2.19. The zero-order valence-electron chi connectivity index (χ0n) is 10.7. The van der Waals surface area contributed by atoms with Crippen molar-refractivity contribution in [2.75, 3.05) is 5.32 Å². The summed E-state index contributed by atoms with van der Waals surface area (Å²) < 4.78 is 53.8. The number of carbonyl (C=O) groups is 1. The number of rotatable bonds is 2. The van der Waals surface area contributed by atoms with E-state index in [1.165, 1.54) is 0 Å². The van der Waals surface area contributed by atoms with Gasteiger partial charge in [0.2, 0.25) is 0 Å². The molecule has 0 fully saturated rings. The highest BCUT2D eigenvalue weighted by molar-refractivity contribution is 7.22. The highest BCUT2D eigenvalue weighted by Crippen LogP contribution is 2.29. The van der Waals surface area contributed by atoms with Crippen LogP contribution in [0.3, 0.4) is 0 Å². The first kappa shape index (κ1) is 14.5. The van der Waals surface area contributed by atoms with E-state index in [-0.39, 0.29) is 15.3 Å². The minimum Gasteiger partial charge on any atom is -0.298 e. The number of benzene rings is 2. The van der Waals surface area contributed by atoms with Crippen molar-refractivity contribution in [3.63, 3.8) is 0 Å². The molecule has 0 aliphatic rings. The molecule has 0 saturated carbocycles. The predicted molar refractivity (Wildman–Crippen MR) is 73.8 cm³/mol. The lowest BCUT2D eigenvalue weighted by Crippen LogP contribution is -2.15. The van der Waals surface area contributed by atoms with Gasteiger partial charge in [0.25, 0.3) is 5.91 Å². The number of thiazole rings is 1. The van der Waals surface area contributed by atoms with E-state index >= 15 is 0 Å². The van der Waals surface area contributed by atoms with E-state index in [0.29, 0.717) is 6.07 Å². The Morgan fingerprint density at radius 3 is 2.41 bits per heavy atom. The van der Waals surface area contributed by atoms with Crippen molar-refractivity contribution in [2.24, 2.45) is 0 Å². The molecular weight excluding hydrogens is 320 g/mol. The number of carbonyl (C=O) groups excluding carboxylic acids is 1. The van der Waals surface area contributed by atoms with Gasteiger partial charge in [-0.25, -0.2) is 22.5 Å². The van der Waals surface area contributed by atoms with Crippen molar-refractivity contribution >= 4 is 32.6 Å². The molecule has 0 bridgehead atoms. The second kappa shape index (κ2) is 5.38. The van der Waals surface area contributed by atoms with E-state index in [0.717, 1.165) is 35.6 Å². The fourth-order valence-corrected chi connectivity index (χ4v) is 2.79. The largest absolute Gasteiger partial charge is 0.298 e. The zero-order chi connectivity index (χ0) is 15.9. The quantitative estimate of drug-likeness (QED) is 0.720. The number of fused-ring (bicyclic) bond motifs is 1. The molecule has 8 heteroatoms. The summed E-state index contributed by atoms with van der Waals surface area (Å²) in [6, 6.07) is 4.70. The Hall–Kier alpha value is -2.48. The van der Waals surface area contributed by atoms with Gasteiger partial charge in [0.05, 0.1) is 4.70 Å². The molecule has 1 amide bonds. The van der Waals surface area contributed by atoms with Gasteiger partial charge in [-0.05, 0) is 18.2 Å². The van der Waals surface area contributed by atoms with Crippen molar-refractivity contribution in [3.8, 4) is 0 Å². The normalized spacial score (nSPS) is 10.9. The van der Waals surface area contributed by atoms with Crippen molar-refractivity contribution in [3.05, 3.63) is 59.2 Å². The van der Waals surface area contributed by atoms with Gasteiger partial charge >= 0.3 is 0 Å². The number of amides is 1. The molecule has 0 radical (unpaired) electrons. The topological polar surface area (TPSA) is 42.0 Å². The van der Waals surface area contributed by atoms with Crippen LogP contribution in [0.15, 0.2) is 30.3 Å². The lowest BCUT2D eigenvalue weighted by atomic mass is 10.2. The van der Waals surface area contributed by atoms with Gasteiger partial charge in [0.15, 0.2) is 10.9 Å². The molecule has 2 aromatic carbocycles. The van der Waals surface area contributed by atoms with Gasteiger partial charge in [0.1, 0.15) is 28.5 Å². The number of hydrogen-bond donors (Lipinski definition) is 1. The number of halogens is 4. The third kappa shape index (κ3) is 2.52. The molecule has 22 heavy (non-hydrogen) atoms. The molecule has 0 aliphatic carbocycles. The van der Waals surface area contributed by atoms with Gasteiger partial charge in [-0.15, -0.1) is 0 Å². The monoisotopic (exact) mass is 326 g/mol. The van der Waals surface area contributed by atoms with Crippen LogP contribution in [0, 0.1) is 23.3 Å². The molecule has 1 N–H and O–H groups in total. The van der Waals surface area contributed by atoms with Gasteiger partial charge in [-0.1, -0.05) is 17.4 Å². The predicted octanol–water partition coefficient (Wildman–Crippen LogP) is 4.11. The summed E-state index contributed by atoms with van der Waals surface area (Å²) >= 11 is 0.792. The van der Waals surface area contributed by atoms with Crippen LogP contribution in [0.5, 0.6) is 0 Å². The molecule has 0 spiro atoms. The summed E-state index contributed by atoms with van der Waals surface area (Å²) in [5.74, 6) is -4.79. The second-order valence-electron chi connectivity index (χ2n) is 4.30. The van der Waals surface area contributed by atoms with Gasteiger partial charge < -0.3 is 0 Å². The highest BCUT2D eigenvalue weighted by atomic mass is 32.1. The minimum atomic E-state index is -1.06. The van der Waals surface area contributed by atoms with Crippen molar-refractivity contribution in [2.45, 2.75) is 0 Å². The van der Waals surface area contributed by atoms with Gasteiger partial charge in [-0.2, -0.15) is 0 Å². The molecule has 0 atom stereocenters. The average Bonchev–Trinajstić information content (AvgIpc) is 2.81. The summed E-state index contributed by atoms with van der Waals surface area (Å²) in [6.45, 7) is 0. The fourth-order valence-electron chi connectivity index (χ4n) is 1.89. The first-order valence-electron chi connectivity index (χ1n) is 5.96. The Labute approximate surface area is 125 Å². The summed E-state index contributed by atoms with van der Waals surface area (Å²) in [5, 5.41) is 2.08. The molecule has 112 valence electrons. The van der Waals surface area contributed by atoms with Crippen LogP contribution in [-0.4, -0.2) is 10.9 Å². The summed E-state index contributed by atoms with van der Waals surface area (Å²) in [4.78, 5) is 15.7. The molecule has 0 unspecified atom stereocenters. The Bertz CT molecular complexity index is 874. The smallest absolute Gasteiger partial charge is 0.263 e. The SMILES string of the molecule is O=C(Nc1nc2c(F)cc(F)cc2s1)c1c(F)cccc1F. The Morgan fingerprint density at radius 1 is 1.05 bits per heavy atom. The molecular formula is C14H6F4N2OS. The molecule has 3 nitrogen and oxygen atoms in total.